The summed E-state index contributed by atoms with van der Waals surface area (Å²) in [4.78, 5) is 22.3. The van der Waals surface area contributed by atoms with E-state index in [-0.39, 0.29) is 22.0 Å². The van der Waals surface area contributed by atoms with E-state index in [1.807, 2.05) is 0 Å². The van der Waals surface area contributed by atoms with Crippen molar-refractivity contribution in [2.45, 2.75) is 13.5 Å². The zero-order valence-corrected chi connectivity index (χ0v) is 13.0. The number of hydrogen-bond donors (Lipinski definition) is 3. The maximum Gasteiger partial charge on any atom is 0.317 e. The van der Waals surface area contributed by atoms with Gasteiger partial charge in [-0.15, -0.1) is 0 Å². The molecule has 0 saturated carbocycles. The molecule has 5 N–H and O–H groups in total. The average Bonchev–Trinajstić information content (AvgIpc) is 2.87. The third-order valence-corrected chi connectivity index (χ3v) is 3.68. The number of nitrogens with zero attached hydrogens (tertiary/aromatic N) is 1. The molecule has 0 aliphatic rings. The van der Waals surface area contributed by atoms with Crippen molar-refractivity contribution in [3.8, 4) is 5.88 Å². The molecule has 0 unspecified atom stereocenters. The number of anilines is 1. The molecule has 7 nitrogen and oxygen atoms in total. The number of ether oxygens (including phenoxy) is 1. The fraction of sp³-hybridized carbons (Fsp3) is 0.154. The summed E-state index contributed by atoms with van der Waals surface area (Å²) in [6.07, 6.45) is 0. The highest BCUT2D eigenvalue weighted by molar-refractivity contribution is 7.11. The fourth-order valence-corrected chi connectivity index (χ4v) is 2.56. The molecule has 2 aromatic rings. The summed E-state index contributed by atoms with van der Waals surface area (Å²) in [5.41, 5.74) is 8.90. The van der Waals surface area contributed by atoms with Crippen molar-refractivity contribution in [2.24, 2.45) is 11.5 Å². The molecular weight excluding hydrogens is 349 g/mol. The van der Waals surface area contributed by atoms with Crippen LogP contribution in [0.1, 0.15) is 21.5 Å². The van der Waals surface area contributed by atoms with E-state index in [0.29, 0.717) is 11.5 Å². The van der Waals surface area contributed by atoms with Gasteiger partial charge in [0.2, 0.25) is 5.88 Å². The summed E-state index contributed by atoms with van der Waals surface area (Å²) in [6, 6.07) is -0.155. The van der Waals surface area contributed by atoms with Crippen molar-refractivity contribution in [3.63, 3.8) is 0 Å². The molecule has 0 spiro atoms. The topological polar surface area (TPSA) is 120 Å². The number of hydrogen-bond acceptors (Lipinski definition) is 5. The number of benzene rings is 1. The Labute approximate surface area is 137 Å². The molecule has 3 amide bonds. The van der Waals surface area contributed by atoms with Crippen LogP contribution in [0.5, 0.6) is 5.88 Å². The molecule has 0 aliphatic carbocycles. The van der Waals surface area contributed by atoms with Crippen molar-refractivity contribution in [1.29, 1.82) is 0 Å². The summed E-state index contributed by atoms with van der Waals surface area (Å²) in [6.45, 7) is 0.467. The Kier molecular flexibility index (Phi) is 4.93. The molecule has 1 aromatic heterocycles. The van der Waals surface area contributed by atoms with Gasteiger partial charge in [-0.25, -0.2) is 18.0 Å². The van der Waals surface area contributed by atoms with E-state index in [1.54, 1.807) is 0 Å². The molecular formula is C13H11F3N4O3S. The Balaban J connectivity index is 2.31. The minimum absolute atomic E-state index is 0.0824. The summed E-state index contributed by atoms with van der Waals surface area (Å²) >= 11 is 0.633. The first-order valence-electron chi connectivity index (χ1n) is 6.34. The van der Waals surface area contributed by atoms with Crippen LogP contribution in [0, 0.1) is 24.4 Å². The lowest BCUT2D eigenvalue weighted by Gasteiger charge is -2.09. The lowest BCUT2D eigenvalue weighted by molar-refractivity contribution is 0.0996. The lowest BCUT2D eigenvalue weighted by atomic mass is 10.1. The van der Waals surface area contributed by atoms with Crippen molar-refractivity contribution < 1.29 is 27.5 Å². The van der Waals surface area contributed by atoms with E-state index >= 15 is 0 Å². The quantitative estimate of drug-likeness (QED) is 0.707. The standard InChI is InChI=1S/C13H11F3N4O3S/c1-4-2-6(14)5(9(16)8(4)15)3-23-11-7(10(17)21)12(24-20-11)19-13(18)22/h2H,3H2,1H3,(H2,17,21)(H3,18,19,22). The number of aryl methyl sites for hydroxylation is 1. The normalized spacial score (nSPS) is 10.5. The van der Waals surface area contributed by atoms with Crippen LogP contribution in [0.25, 0.3) is 0 Å². The molecule has 0 radical (unpaired) electrons. The molecule has 128 valence electrons. The summed E-state index contributed by atoms with van der Waals surface area (Å²) in [7, 11) is 0. The number of nitrogens with two attached hydrogens (primary N) is 2. The van der Waals surface area contributed by atoms with Gasteiger partial charge in [-0.2, -0.15) is 4.37 Å². The first-order chi connectivity index (χ1) is 11.2. The number of nitrogens with one attached hydrogen (secondary N) is 1. The van der Waals surface area contributed by atoms with Crippen LogP contribution in [0.4, 0.5) is 23.0 Å². The minimum Gasteiger partial charge on any atom is -0.471 e. The average molecular weight is 360 g/mol. The van der Waals surface area contributed by atoms with E-state index in [2.05, 4.69) is 9.69 Å². The number of urea groups is 1. The predicted molar refractivity (Wildman–Crippen MR) is 79.2 cm³/mol. The summed E-state index contributed by atoms with van der Waals surface area (Å²) in [5.74, 6) is -4.99. The van der Waals surface area contributed by atoms with Crippen molar-refractivity contribution >= 4 is 28.5 Å². The summed E-state index contributed by atoms with van der Waals surface area (Å²) < 4.78 is 49.8. The number of primary amides is 2. The largest absolute Gasteiger partial charge is 0.471 e. The zero-order valence-electron chi connectivity index (χ0n) is 12.2. The van der Waals surface area contributed by atoms with Gasteiger partial charge in [-0.1, -0.05) is 0 Å². The molecule has 24 heavy (non-hydrogen) atoms. The molecule has 0 atom stereocenters. The Morgan fingerprint density at radius 3 is 2.54 bits per heavy atom. The van der Waals surface area contributed by atoms with Gasteiger partial charge in [-0.3, -0.25) is 10.1 Å². The van der Waals surface area contributed by atoms with Gasteiger partial charge in [0.25, 0.3) is 5.91 Å². The third kappa shape index (κ3) is 3.40. The molecule has 0 saturated heterocycles. The van der Waals surface area contributed by atoms with Crippen LogP contribution in [-0.2, 0) is 6.61 Å². The maximum atomic E-state index is 13.8. The molecule has 0 fully saturated rings. The second kappa shape index (κ2) is 6.74. The van der Waals surface area contributed by atoms with Gasteiger partial charge >= 0.3 is 6.03 Å². The first kappa shape index (κ1) is 17.5. The second-order valence-corrected chi connectivity index (χ2v) is 5.39. The Bertz CT molecular complexity index is 825. The summed E-state index contributed by atoms with van der Waals surface area (Å²) in [5, 5.41) is 2.04. The van der Waals surface area contributed by atoms with Gasteiger partial charge in [-0.05, 0) is 30.1 Å². The molecule has 11 heteroatoms. The fourth-order valence-electron chi connectivity index (χ4n) is 1.81. The van der Waals surface area contributed by atoms with Gasteiger partial charge < -0.3 is 16.2 Å². The second-order valence-electron chi connectivity index (χ2n) is 4.62. The molecule has 0 aliphatic heterocycles. The number of carbonyl (C=O) groups excluding carboxylic acids is 2. The highest BCUT2D eigenvalue weighted by atomic mass is 32.1. The Morgan fingerprint density at radius 2 is 1.96 bits per heavy atom. The highest BCUT2D eigenvalue weighted by Gasteiger charge is 2.23. The van der Waals surface area contributed by atoms with E-state index < -0.39 is 41.6 Å². The van der Waals surface area contributed by atoms with Gasteiger partial charge in [0, 0.05) is 0 Å². The molecule has 2 rings (SSSR count). The van der Waals surface area contributed by atoms with E-state index in [0.717, 1.165) is 6.07 Å². The predicted octanol–water partition coefficient (Wildman–Crippen LogP) is 2.04. The van der Waals surface area contributed by atoms with Gasteiger partial charge in [0.1, 0.15) is 23.0 Å². The maximum absolute atomic E-state index is 13.8. The number of halogens is 3. The van der Waals surface area contributed by atoms with Crippen LogP contribution < -0.4 is 21.5 Å². The van der Waals surface area contributed by atoms with Crippen molar-refractivity contribution in [2.75, 3.05) is 5.32 Å². The minimum atomic E-state index is -1.40. The number of carbonyl (C=O) groups is 2. The first-order valence-corrected chi connectivity index (χ1v) is 7.11. The van der Waals surface area contributed by atoms with Crippen LogP contribution >= 0.6 is 11.5 Å². The Hall–Kier alpha value is -2.82. The van der Waals surface area contributed by atoms with Crippen LogP contribution in [0.2, 0.25) is 0 Å². The van der Waals surface area contributed by atoms with Crippen molar-refractivity contribution in [1.82, 2.24) is 4.37 Å². The Morgan fingerprint density at radius 1 is 1.29 bits per heavy atom. The monoisotopic (exact) mass is 360 g/mol. The zero-order chi connectivity index (χ0) is 18.0. The van der Waals surface area contributed by atoms with Crippen LogP contribution in [0.3, 0.4) is 0 Å². The van der Waals surface area contributed by atoms with E-state index in [9.17, 15) is 22.8 Å². The SMILES string of the molecule is Cc1cc(F)c(COc2nsc(NC(N)=O)c2C(N)=O)c(F)c1F. The smallest absolute Gasteiger partial charge is 0.317 e. The number of amides is 3. The van der Waals surface area contributed by atoms with E-state index in [1.165, 1.54) is 6.92 Å². The number of rotatable bonds is 5. The van der Waals surface area contributed by atoms with Crippen molar-refractivity contribution in [3.05, 3.63) is 40.2 Å². The highest BCUT2D eigenvalue weighted by Crippen LogP contribution is 2.31. The third-order valence-electron chi connectivity index (χ3n) is 2.93. The van der Waals surface area contributed by atoms with Crippen LogP contribution in [-0.4, -0.2) is 16.3 Å². The molecule has 0 bridgehead atoms. The number of aromatic nitrogens is 1. The molecule has 1 heterocycles. The molecule has 1 aromatic carbocycles. The lowest BCUT2D eigenvalue weighted by Crippen LogP contribution is -2.21. The van der Waals surface area contributed by atoms with Gasteiger partial charge in [0.05, 0.1) is 5.56 Å². The van der Waals surface area contributed by atoms with Crippen LogP contribution in [0.15, 0.2) is 6.07 Å². The van der Waals surface area contributed by atoms with E-state index in [4.69, 9.17) is 16.2 Å². The van der Waals surface area contributed by atoms with Gasteiger partial charge in [0.15, 0.2) is 11.6 Å².